The van der Waals surface area contributed by atoms with E-state index in [0.717, 1.165) is 5.56 Å². The first-order valence-electron chi connectivity index (χ1n) is 6.07. The first-order valence-corrected chi connectivity index (χ1v) is 6.45. The zero-order chi connectivity index (χ0) is 14.8. The molecule has 5 heteroatoms. The number of hydrogen-bond donors (Lipinski definition) is 2. The summed E-state index contributed by atoms with van der Waals surface area (Å²) in [5.74, 6) is 0.276. The Hall–Kier alpha value is -1.26. The Morgan fingerprint density at radius 3 is 2.47 bits per heavy atom. The lowest BCUT2D eigenvalue weighted by Crippen LogP contribution is -2.45. The second-order valence-electron chi connectivity index (χ2n) is 5.63. The van der Waals surface area contributed by atoms with E-state index in [1.54, 1.807) is 12.1 Å². The largest absolute Gasteiger partial charge is 0.495 e. The molecule has 0 spiro atoms. The van der Waals surface area contributed by atoms with Crippen LogP contribution in [0.5, 0.6) is 5.75 Å². The fourth-order valence-corrected chi connectivity index (χ4v) is 1.69. The molecule has 0 aromatic heterocycles. The fourth-order valence-electron chi connectivity index (χ4n) is 1.53. The molecule has 1 atom stereocenters. The summed E-state index contributed by atoms with van der Waals surface area (Å²) in [5, 5.41) is 3.38. The maximum Gasteiger partial charge on any atom is 0.241 e. The van der Waals surface area contributed by atoms with Crippen LogP contribution in [0.4, 0.5) is 5.69 Å². The number of carbonyl (C=O) groups excluding carboxylic acids is 1. The Balaban J connectivity index is 3.00. The van der Waals surface area contributed by atoms with Gasteiger partial charge in [-0.3, -0.25) is 4.79 Å². The maximum absolute atomic E-state index is 12.1. The molecule has 0 aliphatic heterocycles. The molecule has 0 aliphatic carbocycles. The minimum Gasteiger partial charge on any atom is -0.495 e. The number of nitrogens with one attached hydrogen (secondary N) is 1. The molecular weight excluding hydrogens is 264 g/mol. The van der Waals surface area contributed by atoms with Crippen LogP contribution in [-0.4, -0.2) is 19.1 Å². The molecule has 0 aliphatic rings. The zero-order valence-electron chi connectivity index (χ0n) is 12.0. The number of nitrogens with two attached hydrogens (primary N) is 1. The maximum atomic E-state index is 12.1. The fraction of sp³-hybridized carbons (Fsp3) is 0.500. The molecule has 4 nitrogen and oxygen atoms in total. The Morgan fingerprint density at radius 2 is 2.00 bits per heavy atom. The van der Waals surface area contributed by atoms with Gasteiger partial charge < -0.3 is 15.8 Å². The van der Waals surface area contributed by atoms with E-state index in [9.17, 15) is 4.79 Å². The van der Waals surface area contributed by atoms with Crippen molar-refractivity contribution >= 4 is 23.2 Å². The van der Waals surface area contributed by atoms with Crippen LogP contribution in [0, 0.1) is 12.3 Å². The van der Waals surface area contributed by atoms with E-state index >= 15 is 0 Å². The van der Waals surface area contributed by atoms with Gasteiger partial charge in [0.05, 0.1) is 18.8 Å². The summed E-state index contributed by atoms with van der Waals surface area (Å²) in [7, 11) is 1.53. The molecule has 1 amide bonds. The van der Waals surface area contributed by atoms with E-state index in [4.69, 9.17) is 22.1 Å². The Labute approximate surface area is 119 Å². The van der Waals surface area contributed by atoms with E-state index in [-0.39, 0.29) is 11.3 Å². The monoisotopic (exact) mass is 284 g/mol. The lowest BCUT2D eigenvalue weighted by Gasteiger charge is -2.26. The lowest BCUT2D eigenvalue weighted by atomic mass is 9.87. The van der Waals surface area contributed by atoms with Crippen LogP contribution >= 0.6 is 11.6 Å². The van der Waals surface area contributed by atoms with Gasteiger partial charge in [0.15, 0.2) is 0 Å². The molecule has 19 heavy (non-hydrogen) atoms. The van der Waals surface area contributed by atoms with Crippen LogP contribution in [0.1, 0.15) is 26.3 Å². The number of methoxy groups -OCH3 is 1. The predicted molar refractivity (Wildman–Crippen MR) is 78.8 cm³/mol. The van der Waals surface area contributed by atoms with Gasteiger partial charge in [0.25, 0.3) is 0 Å². The SMILES string of the molecule is COc1cc(Cl)c(C)cc1NC(=O)C(N)C(C)(C)C. The van der Waals surface area contributed by atoms with Crippen LogP contribution in [0.15, 0.2) is 12.1 Å². The Morgan fingerprint density at radius 1 is 1.42 bits per heavy atom. The third-order valence-electron chi connectivity index (χ3n) is 2.95. The number of ether oxygens (including phenoxy) is 1. The van der Waals surface area contributed by atoms with Crippen LogP contribution in [-0.2, 0) is 4.79 Å². The number of carbonyl (C=O) groups is 1. The van der Waals surface area contributed by atoms with Gasteiger partial charge in [0, 0.05) is 11.1 Å². The second-order valence-corrected chi connectivity index (χ2v) is 6.04. The highest BCUT2D eigenvalue weighted by molar-refractivity contribution is 6.31. The summed E-state index contributed by atoms with van der Waals surface area (Å²) in [6.07, 6.45) is 0. The van der Waals surface area contributed by atoms with Gasteiger partial charge >= 0.3 is 0 Å². The van der Waals surface area contributed by atoms with Gasteiger partial charge in [-0.05, 0) is 24.0 Å². The molecule has 0 radical (unpaired) electrons. The number of rotatable bonds is 3. The highest BCUT2D eigenvalue weighted by Gasteiger charge is 2.28. The van der Waals surface area contributed by atoms with Crippen molar-refractivity contribution in [1.82, 2.24) is 0 Å². The molecule has 1 rings (SSSR count). The summed E-state index contributed by atoms with van der Waals surface area (Å²) >= 11 is 6.02. The third-order valence-corrected chi connectivity index (χ3v) is 3.36. The molecule has 0 bridgehead atoms. The minimum absolute atomic E-state index is 0.243. The lowest BCUT2D eigenvalue weighted by molar-refractivity contribution is -0.119. The number of aryl methyl sites for hydroxylation is 1. The van der Waals surface area contributed by atoms with Crippen molar-refractivity contribution in [3.63, 3.8) is 0 Å². The van der Waals surface area contributed by atoms with Gasteiger partial charge in [-0.1, -0.05) is 32.4 Å². The number of amides is 1. The van der Waals surface area contributed by atoms with Crippen molar-refractivity contribution < 1.29 is 9.53 Å². The summed E-state index contributed by atoms with van der Waals surface area (Å²) in [6.45, 7) is 7.62. The zero-order valence-corrected chi connectivity index (χ0v) is 12.8. The predicted octanol–water partition coefficient (Wildman–Crippen LogP) is 2.97. The molecule has 1 aromatic carbocycles. The van der Waals surface area contributed by atoms with Crippen molar-refractivity contribution in [1.29, 1.82) is 0 Å². The molecule has 1 aromatic rings. The van der Waals surface area contributed by atoms with Gasteiger partial charge in [-0.15, -0.1) is 0 Å². The molecule has 1 unspecified atom stereocenters. The van der Waals surface area contributed by atoms with Crippen LogP contribution in [0.2, 0.25) is 5.02 Å². The van der Waals surface area contributed by atoms with E-state index in [2.05, 4.69) is 5.32 Å². The highest BCUT2D eigenvalue weighted by atomic mass is 35.5. The molecule has 0 saturated heterocycles. The van der Waals surface area contributed by atoms with E-state index in [1.807, 2.05) is 27.7 Å². The molecule has 0 saturated carbocycles. The van der Waals surface area contributed by atoms with Crippen molar-refractivity contribution in [2.24, 2.45) is 11.1 Å². The molecule has 0 fully saturated rings. The minimum atomic E-state index is -0.604. The first kappa shape index (κ1) is 15.8. The number of benzene rings is 1. The van der Waals surface area contributed by atoms with Crippen molar-refractivity contribution in [2.75, 3.05) is 12.4 Å². The summed E-state index contributed by atoms with van der Waals surface area (Å²) in [6, 6.07) is 2.84. The van der Waals surface area contributed by atoms with Gasteiger partial charge in [0.1, 0.15) is 5.75 Å². The molecular formula is C14H21ClN2O2. The highest BCUT2D eigenvalue weighted by Crippen LogP contribution is 2.31. The van der Waals surface area contributed by atoms with Gasteiger partial charge in [-0.2, -0.15) is 0 Å². The molecule has 3 N–H and O–H groups in total. The second kappa shape index (κ2) is 5.80. The molecule has 106 valence electrons. The summed E-state index contributed by atoms with van der Waals surface area (Å²) in [4.78, 5) is 12.1. The standard InChI is InChI=1S/C14H21ClN2O2/c1-8-6-10(11(19-5)7-9(8)15)17-13(18)12(16)14(2,3)4/h6-7,12H,16H2,1-5H3,(H,17,18). The average Bonchev–Trinajstić information content (AvgIpc) is 2.31. The van der Waals surface area contributed by atoms with Crippen molar-refractivity contribution in [3.05, 3.63) is 22.7 Å². The van der Waals surface area contributed by atoms with E-state index in [1.165, 1.54) is 7.11 Å². The quantitative estimate of drug-likeness (QED) is 0.897. The first-order chi connectivity index (χ1) is 8.66. The topological polar surface area (TPSA) is 64.3 Å². The average molecular weight is 285 g/mol. The normalized spacial score (nSPS) is 13.0. The van der Waals surface area contributed by atoms with Crippen molar-refractivity contribution in [3.8, 4) is 5.75 Å². The molecule has 0 heterocycles. The summed E-state index contributed by atoms with van der Waals surface area (Å²) in [5.41, 5.74) is 7.06. The Kier molecular flexibility index (Phi) is 4.82. The van der Waals surface area contributed by atoms with Crippen LogP contribution in [0.3, 0.4) is 0 Å². The smallest absolute Gasteiger partial charge is 0.241 e. The number of halogens is 1. The van der Waals surface area contributed by atoms with Crippen LogP contribution < -0.4 is 15.8 Å². The van der Waals surface area contributed by atoms with Crippen LogP contribution in [0.25, 0.3) is 0 Å². The number of hydrogen-bond acceptors (Lipinski definition) is 3. The Bertz CT molecular complexity index is 481. The van der Waals surface area contributed by atoms with Gasteiger partial charge in [0.2, 0.25) is 5.91 Å². The van der Waals surface area contributed by atoms with E-state index < -0.39 is 6.04 Å². The van der Waals surface area contributed by atoms with Crippen molar-refractivity contribution in [2.45, 2.75) is 33.7 Å². The number of anilines is 1. The van der Waals surface area contributed by atoms with E-state index in [0.29, 0.717) is 16.5 Å². The third kappa shape index (κ3) is 3.85. The summed E-state index contributed by atoms with van der Waals surface area (Å²) < 4.78 is 5.21. The van der Waals surface area contributed by atoms with Gasteiger partial charge in [-0.25, -0.2) is 0 Å².